The second-order valence-electron chi connectivity index (χ2n) is 6.96. The van der Waals surface area contributed by atoms with Gasteiger partial charge in [-0.1, -0.05) is 19.9 Å². The second-order valence-corrected chi connectivity index (χ2v) is 6.96. The summed E-state index contributed by atoms with van der Waals surface area (Å²) in [4.78, 5) is 8.82. The molecule has 3 aromatic rings. The van der Waals surface area contributed by atoms with Crippen LogP contribution >= 0.6 is 0 Å². The maximum atomic E-state index is 9.66. The Kier molecular flexibility index (Phi) is 5.73. The Morgan fingerprint density at radius 3 is 2.85 bits per heavy atom. The molecular formula is C18H25BN6O. The lowest BCUT2D eigenvalue weighted by molar-refractivity contribution is 0.259. The fourth-order valence-corrected chi connectivity index (χ4v) is 2.93. The van der Waals surface area contributed by atoms with Gasteiger partial charge in [0.25, 0.3) is 0 Å². The van der Waals surface area contributed by atoms with Crippen LogP contribution in [0.15, 0.2) is 36.8 Å². The van der Waals surface area contributed by atoms with Gasteiger partial charge >= 0.3 is 0 Å². The van der Waals surface area contributed by atoms with E-state index in [1.807, 2.05) is 32.2 Å². The van der Waals surface area contributed by atoms with E-state index in [1.54, 1.807) is 16.9 Å². The molecule has 0 bridgehead atoms. The van der Waals surface area contributed by atoms with E-state index in [1.165, 1.54) is 0 Å². The minimum Gasteiger partial charge on any atom is -0.394 e. The molecule has 3 N–H and O–H groups in total. The lowest BCUT2D eigenvalue weighted by Crippen LogP contribution is -2.26. The number of aromatic nitrogens is 4. The summed E-state index contributed by atoms with van der Waals surface area (Å²) in [5.41, 5.74) is 2.89. The summed E-state index contributed by atoms with van der Waals surface area (Å²) in [7, 11) is 1.99. The third-order valence-corrected chi connectivity index (χ3v) is 4.17. The summed E-state index contributed by atoms with van der Waals surface area (Å²) >= 11 is 0. The van der Waals surface area contributed by atoms with Crippen LogP contribution in [-0.2, 0) is 6.54 Å². The van der Waals surface area contributed by atoms with Gasteiger partial charge < -0.3 is 15.7 Å². The maximum Gasteiger partial charge on any atom is 0.153 e. The normalized spacial score (nSPS) is 12.5. The van der Waals surface area contributed by atoms with Crippen LogP contribution in [0.5, 0.6) is 0 Å². The van der Waals surface area contributed by atoms with E-state index < -0.39 is 0 Å². The van der Waals surface area contributed by atoms with Gasteiger partial charge in [0.05, 0.1) is 12.6 Å². The van der Waals surface area contributed by atoms with Crippen molar-refractivity contribution >= 4 is 30.6 Å². The zero-order valence-corrected chi connectivity index (χ0v) is 15.5. The van der Waals surface area contributed by atoms with Crippen LogP contribution in [0.2, 0.25) is 0 Å². The lowest BCUT2D eigenvalue weighted by Gasteiger charge is -2.20. The highest BCUT2D eigenvalue weighted by atomic mass is 16.3. The molecule has 136 valence electrons. The van der Waals surface area contributed by atoms with E-state index >= 15 is 0 Å². The van der Waals surface area contributed by atoms with Gasteiger partial charge in [-0.2, -0.15) is 9.61 Å². The molecule has 0 spiro atoms. The summed E-state index contributed by atoms with van der Waals surface area (Å²) in [5.74, 6) is 2.06. The average molecular weight is 352 g/mol. The van der Waals surface area contributed by atoms with Crippen LogP contribution in [0, 0.1) is 5.92 Å². The van der Waals surface area contributed by atoms with Gasteiger partial charge in [0.2, 0.25) is 0 Å². The maximum absolute atomic E-state index is 9.66. The van der Waals surface area contributed by atoms with E-state index in [9.17, 15) is 5.11 Å². The Morgan fingerprint density at radius 2 is 2.15 bits per heavy atom. The summed E-state index contributed by atoms with van der Waals surface area (Å²) in [6.07, 6.45) is 6.28. The molecule has 26 heavy (non-hydrogen) atoms. The molecule has 0 unspecified atom stereocenters. The van der Waals surface area contributed by atoms with E-state index in [0.29, 0.717) is 12.5 Å². The molecule has 3 aromatic heterocycles. The van der Waals surface area contributed by atoms with Crippen molar-refractivity contribution in [2.45, 2.75) is 32.9 Å². The first-order valence-corrected chi connectivity index (χ1v) is 8.92. The number of fused-ring (bicyclic) bond motifs is 1. The molecule has 0 aromatic carbocycles. The molecule has 3 heterocycles. The molecule has 7 nitrogen and oxygen atoms in total. The second kappa shape index (κ2) is 8.18. The molecule has 0 aliphatic carbocycles. The SMILES string of the molecule is Bc1cnn2c(NCc3cccnc3)cc(N[C@@H](CO)CC(C)C)nc12. The van der Waals surface area contributed by atoms with Crippen molar-refractivity contribution < 1.29 is 5.11 Å². The van der Waals surface area contributed by atoms with Crippen LogP contribution in [0.4, 0.5) is 11.6 Å². The predicted octanol–water partition coefficient (Wildman–Crippen LogP) is 0.814. The van der Waals surface area contributed by atoms with Gasteiger partial charge in [0.1, 0.15) is 19.5 Å². The van der Waals surface area contributed by atoms with E-state index in [-0.39, 0.29) is 12.6 Å². The smallest absolute Gasteiger partial charge is 0.153 e. The standard InChI is InChI=1S/C18H25BN6O/c1-12(2)6-14(11-26)23-16-7-17(21-9-13-4-3-5-20-8-13)25-18(24-16)15(19)10-22-25/h3-5,7-8,10,12,14,21,26H,6,9,11,19H2,1-2H3,(H,23,24)/t14-/m1/s1. The van der Waals surface area contributed by atoms with Crippen molar-refractivity contribution in [3.63, 3.8) is 0 Å². The Labute approximate surface area is 154 Å². The number of pyridine rings is 1. The molecule has 0 radical (unpaired) electrons. The Balaban J connectivity index is 1.86. The minimum absolute atomic E-state index is 0.0284. The monoisotopic (exact) mass is 352 g/mol. The average Bonchev–Trinajstić information content (AvgIpc) is 3.01. The summed E-state index contributed by atoms with van der Waals surface area (Å²) in [5, 5.41) is 20.8. The van der Waals surface area contributed by atoms with E-state index in [2.05, 4.69) is 39.5 Å². The first-order valence-electron chi connectivity index (χ1n) is 8.92. The predicted molar refractivity (Wildman–Crippen MR) is 107 cm³/mol. The van der Waals surface area contributed by atoms with Crippen molar-refractivity contribution in [2.24, 2.45) is 5.92 Å². The highest BCUT2D eigenvalue weighted by molar-refractivity contribution is 6.36. The number of aliphatic hydroxyl groups excluding tert-OH is 1. The van der Waals surface area contributed by atoms with Gasteiger partial charge in [-0.05, 0) is 29.4 Å². The molecule has 0 aliphatic rings. The Hall–Kier alpha value is -2.61. The van der Waals surface area contributed by atoms with Gasteiger partial charge in [-0.3, -0.25) is 4.98 Å². The molecule has 0 fully saturated rings. The lowest BCUT2D eigenvalue weighted by atomic mass is 10.0. The highest BCUT2D eigenvalue weighted by Gasteiger charge is 2.14. The zero-order valence-electron chi connectivity index (χ0n) is 15.5. The van der Waals surface area contributed by atoms with Gasteiger partial charge in [-0.25, -0.2) is 4.98 Å². The molecule has 3 rings (SSSR count). The van der Waals surface area contributed by atoms with Gasteiger partial charge in [0, 0.05) is 31.2 Å². The summed E-state index contributed by atoms with van der Waals surface area (Å²) < 4.78 is 1.80. The molecular weight excluding hydrogens is 327 g/mol. The van der Waals surface area contributed by atoms with Crippen molar-refractivity contribution in [1.29, 1.82) is 0 Å². The molecule has 0 aliphatic heterocycles. The van der Waals surface area contributed by atoms with Gasteiger partial charge in [-0.15, -0.1) is 0 Å². The topological polar surface area (TPSA) is 87.4 Å². The van der Waals surface area contributed by atoms with Crippen LogP contribution in [0.25, 0.3) is 5.65 Å². The molecule has 0 saturated carbocycles. The molecule has 0 saturated heterocycles. The number of nitrogens with one attached hydrogen (secondary N) is 2. The van der Waals surface area contributed by atoms with Crippen LogP contribution in [0.1, 0.15) is 25.8 Å². The van der Waals surface area contributed by atoms with Crippen molar-refractivity contribution in [2.75, 3.05) is 17.2 Å². The largest absolute Gasteiger partial charge is 0.394 e. The number of hydrogen-bond donors (Lipinski definition) is 3. The van der Waals surface area contributed by atoms with Crippen molar-refractivity contribution in [3.8, 4) is 0 Å². The third-order valence-electron chi connectivity index (χ3n) is 4.17. The van der Waals surface area contributed by atoms with Crippen molar-refractivity contribution in [1.82, 2.24) is 19.6 Å². The zero-order chi connectivity index (χ0) is 18.5. The fraction of sp³-hybridized carbons (Fsp3) is 0.389. The first kappa shape index (κ1) is 18.2. The third kappa shape index (κ3) is 4.32. The number of anilines is 2. The number of rotatable bonds is 8. The highest BCUT2D eigenvalue weighted by Crippen LogP contribution is 2.18. The molecule has 1 atom stereocenters. The van der Waals surface area contributed by atoms with Crippen LogP contribution < -0.4 is 16.1 Å². The van der Waals surface area contributed by atoms with E-state index in [0.717, 1.165) is 34.7 Å². The van der Waals surface area contributed by atoms with E-state index in [4.69, 9.17) is 0 Å². The first-order chi connectivity index (χ1) is 12.6. The molecule has 0 amide bonds. The minimum atomic E-state index is -0.0284. The molecule has 8 heteroatoms. The van der Waals surface area contributed by atoms with Crippen LogP contribution in [-0.4, -0.2) is 45.2 Å². The quantitative estimate of drug-likeness (QED) is 0.520. The van der Waals surface area contributed by atoms with Crippen molar-refractivity contribution in [3.05, 3.63) is 42.4 Å². The number of hydrogen-bond acceptors (Lipinski definition) is 6. The Morgan fingerprint density at radius 1 is 1.31 bits per heavy atom. The summed E-state index contributed by atoms with van der Waals surface area (Å²) in [6, 6.07) is 5.84. The Bertz CT molecular complexity index is 852. The number of nitrogens with zero attached hydrogens (tertiary/aromatic N) is 4. The summed E-state index contributed by atoms with van der Waals surface area (Å²) in [6.45, 7) is 4.99. The van der Waals surface area contributed by atoms with Gasteiger partial charge in [0.15, 0.2) is 5.65 Å². The number of aliphatic hydroxyl groups is 1. The fourth-order valence-electron chi connectivity index (χ4n) is 2.93. The van der Waals surface area contributed by atoms with Crippen LogP contribution in [0.3, 0.4) is 0 Å².